The number of rotatable bonds is 8. The van der Waals surface area contributed by atoms with Gasteiger partial charge >= 0.3 is 0 Å². The van der Waals surface area contributed by atoms with Crippen molar-refractivity contribution in [2.24, 2.45) is 0 Å². The highest BCUT2D eigenvalue weighted by molar-refractivity contribution is 7.10. The lowest BCUT2D eigenvalue weighted by Gasteiger charge is -2.14. The van der Waals surface area contributed by atoms with Crippen molar-refractivity contribution < 1.29 is 23.8 Å². The van der Waals surface area contributed by atoms with E-state index in [-0.39, 0.29) is 5.70 Å². The van der Waals surface area contributed by atoms with Crippen LogP contribution in [0.4, 0.5) is 5.69 Å². The Kier molecular flexibility index (Phi) is 7.29. The third kappa shape index (κ3) is 5.43. The first-order chi connectivity index (χ1) is 15.0. The minimum absolute atomic E-state index is 0.0909. The summed E-state index contributed by atoms with van der Waals surface area (Å²) in [7, 11) is 4.52. The van der Waals surface area contributed by atoms with Gasteiger partial charge < -0.3 is 24.8 Å². The van der Waals surface area contributed by atoms with Gasteiger partial charge in [-0.15, -0.1) is 11.3 Å². The molecule has 2 aromatic carbocycles. The first kappa shape index (κ1) is 21.9. The van der Waals surface area contributed by atoms with Crippen LogP contribution in [0.15, 0.2) is 65.7 Å². The number of methoxy groups -OCH3 is 3. The average molecular weight is 439 g/mol. The maximum atomic E-state index is 13.0. The van der Waals surface area contributed by atoms with Crippen molar-refractivity contribution in [3.05, 3.63) is 76.1 Å². The zero-order valence-corrected chi connectivity index (χ0v) is 18.1. The van der Waals surface area contributed by atoms with Crippen LogP contribution in [0.3, 0.4) is 0 Å². The number of amides is 2. The van der Waals surface area contributed by atoms with Crippen LogP contribution in [-0.2, 0) is 4.79 Å². The van der Waals surface area contributed by atoms with Crippen LogP contribution in [0.25, 0.3) is 6.08 Å². The molecule has 0 aliphatic rings. The van der Waals surface area contributed by atoms with Crippen LogP contribution < -0.4 is 24.8 Å². The normalized spacial score (nSPS) is 10.9. The van der Waals surface area contributed by atoms with Crippen molar-refractivity contribution in [3.63, 3.8) is 0 Å². The van der Waals surface area contributed by atoms with Gasteiger partial charge in [0.25, 0.3) is 11.8 Å². The van der Waals surface area contributed by atoms with E-state index >= 15 is 0 Å². The highest BCUT2D eigenvalue weighted by Crippen LogP contribution is 2.28. The predicted octanol–water partition coefficient (Wildman–Crippen LogP) is 4.18. The number of hydrogen-bond donors (Lipinski definition) is 2. The van der Waals surface area contributed by atoms with Crippen molar-refractivity contribution >= 4 is 34.9 Å². The van der Waals surface area contributed by atoms with Gasteiger partial charge in [-0.25, -0.2) is 0 Å². The fraction of sp³-hybridized carbons (Fsp3) is 0.130. The van der Waals surface area contributed by atoms with Gasteiger partial charge in [-0.1, -0.05) is 18.2 Å². The zero-order chi connectivity index (χ0) is 22.2. The lowest BCUT2D eigenvalue weighted by Crippen LogP contribution is -2.30. The highest BCUT2D eigenvalue weighted by atomic mass is 32.1. The van der Waals surface area contributed by atoms with E-state index in [9.17, 15) is 9.59 Å². The summed E-state index contributed by atoms with van der Waals surface area (Å²) in [6, 6.07) is 15.5. The number of anilines is 1. The lowest BCUT2D eigenvalue weighted by atomic mass is 10.1. The Morgan fingerprint density at radius 2 is 1.61 bits per heavy atom. The largest absolute Gasteiger partial charge is 0.495 e. The maximum Gasteiger partial charge on any atom is 0.272 e. The molecule has 0 bridgehead atoms. The van der Waals surface area contributed by atoms with E-state index in [1.807, 2.05) is 17.5 Å². The summed E-state index contributed by atoms with van der Waals surface area (Å²) in [5, 5.41) is 7.37. The second-order valence-corrected chi connectivity index (χ2v) is 7.23. The summed E-state index contributed by atoms with van der Waals surface area (Å²) < 4.78 is 15.7. The number of thiophene rings is 1. The summed E-state index contributed by atoms with van der Waals surface area (Å²) in [4.78, 5) is 26.7. The Labute approximate surface area is 184 Å². The summed E-state index contributed by atoms with van der Waals surface area (Å²) in [6.07, 6.45) is 1.62. The SMILES string of the molecule is COc1ccccc1NC(=O)/C(=C/c1cccs1)NC(=O)c1ccc(OC)c(OC)c1. The van der Waals surface area contributed by atoms with Crippen molar-refractivity contribution in [1.82, 2.24) is 5.32 Å². The standard InChI is InChI=1S/C23H22N2O5S/c1-28-19-9-5-4-8-17(19)24-23(27)18(14-16-7-6-12-31-16)25-22(26)15-10-11-20(29-2)21(13-15)30-3/h4-14H,1-3H3,(H,24,27)(H,25,26)/b18-14-. The van der Waals surface area contributed by atoms with E-state index in [0.717, 1.165) is 4.88 Å². The number of nitrogens with one attached hydrogen (secondary N) is 2. The quantitative estimate of drug-likeness (QED) is 0.515. The lowest BCUT2D eigenvalue weighted by molar-refractivity contribution is -0.113. The van der Waals surface area contributed by atoms with E-state index < -0.39 is 11.8 Å². The van der Waals surface area contributed by atoms with Crippen LogP contribution in [0.5, 0.6) is 17.2 Å². The summed E-state index contributed by atoms with van der Waals surface area (Å²) in [5.41, 5.74) is 0.903. The molecule has 31 heavy (non-hydrogen) atoms. The molecule has 0 aliphatic carbocycles. The van der Waals surface area contributed by atoms with Gasteiger partial charge in [-0.05, 0) is 47.9 Å². The smallest absolute Gasteiger partial charge is 0.272 e. The number of ether oxygens (including phenoxy) is 3. The van der Waals surface area contributed by atoms with Gasteiger partial charge in [0.1, 0.15) is 11.4 Å². The van der Waals surface area contributed by atoms with Gasteiger partial charge in [0.15, 0.2) is 11.5 Å². The van der Waals surface area contributed by atoms with Crippen molar-refractivity contribution in [3.8, 4) is 17.2 Å². The van der Waals surface area contributed by atoms with Crippen molar-refractivity contribution in [2.75, 3.05) is 26.6 Å². The molecule has 1 heterocycles. The molecule has 3 aromatic rings. The topological polar surface area (TPSA) is 85.9 Å². The Morgan fingerprint density at radius 3 is 2.29 bits per heavy atom. The van der Waals surface area contributed by atoms with Crippen LogP contribution >= 0.6 is 11.3 Å². The summed E-state index contributed by atoms with van der Waals surface area (Å²) in [6.45, 7) is 0. The molecule has 0 spiro atoms. The van der Waals surface area contributed by atoms with E-state index in [4.69, 9.17) is 14.2 Å². The van der Waals surface area contributed by atoms with Crippen LogP contribution in [0, 0.1) is 0 Å². The second-order valence-electron chi connectivity index (χ2n) is 6.25. The molecule has 160 valence electrons. The molecule has 0 radical (unpaired) electrons. The minimum atomic E-state index is -0.480. The van der Waals surface area contributed by atoms with E-state index in [1.165, 1.54) is 32.7 Å². The molecule has 8 heteroatoms. The number of benzene rings is 2. The molecule has 0 saturated carbocycles. The molecular formula is C23H22N2O5S. The maximum absolute atomic E-state index is 13.0. The minimum Gasteiger partial charge on any atom is -0.495 e. The molecule has 3 rings (SSSR count). The third-order valence-corrected chi connectivity index (χ3v) is 5.14. The molecule has 0 atom stereocenters. The number of hydrogen-bond acceptors (Lipinski definition) is 6. The monoisotopic (exact) mass is 438 g/mol. The number of carbonyl (C=O) groups excluding carboxylic acids is 2. The highest BCUT2D eigenvalue weighted by Gasteiger charge is 2.18. The zero-order valence-electron chi connectivity index (χ0n) is 17.3. The van der Waals surface area contributed by atoms with Crippen LogP contribution in [0.1, 0.15) is 15.2 Å². The predicted molar refractivity (Wildman–Crippen MR) is 121 cm³/mol. The van der Waals surface area contributed by atoms with Crippen LogP contribution in [-0.4, -0.2) is 33.1 Å². The number of para-hydroxylation sites is 2. The third-order valence-electron chi connectivity index (χ3n) is 4.32. The molecule has 2 N–H and O–H groups in total. The van der Waals surface area contributed by atoms with Gasteiger partial charge in [0.2, 0.25) is 0 Å². The average Bonchev–Trinajstić information content (AvgIpc) is 3.31. The van der Waals surface area contributed by atoms with Gasteiger partial charge in [0, 0.05) is 10.4 Å². The molecule has 0 fully saturated rings. The van der Waals surface area contributed by atoms with Crippen LogP contribution in [0.2, 0.25) is 0 Å². The van der Waals surface area contributed by atoms with Gasteiger partial charge in [0.05, 0.1) is 27.0 Å². The van der Waals surface area contributed by atoms with E-state index in [0.29, 0.717) is 28.5 Å². The molecule has 7 nitrogen and oxygen atoms in total. The van der Waals surface area contributed by atoms with E-state index in [1.54, 1.807) is 48.5 Å². The molecule has 0 aliphatic heterocycles. The van der Waals surface area contributed by atoms with Crippen molar-refractivity contribution in [2.45, 2.75) is 0 Å². The van der Waals surface area contributed by atoms with Gasteiger partial charge in [-0.3, -0.25) is 9.59 Å². The second kappa shape index (κ2) is 10.3. The molecule has 2 amide bonds. The van der Waals surface area contributed by atoms with Crippen molar-refractivity contribution in [1.29, 1.82) is 0 Å². The molecular weight excluding hydrogens is 416 g/mol. The fourth-order valence-corrected chi connectivity index (χ4v) is 3.44. The Morgan fingerprint density at radius 1 is 0.871 bits per heavy atom. The van der Waals surface area contributed by atoms with E-state index in [2.05, 4.69) is 10.6 Å². The summed E-state index contributed by atoms with van der Waals surface area (Å²) >= 11 is 1.45. The fourth-order valence-electron chi connectivity index (χ4n) is 2.78. The first-order valence-electron chi connectivity index (χ1n) is 9.28. The Balaban J connectivity index is 1.88. The Bertz CT molecular complexity index is 1090. The number of carbonyl (C=O) groups is 2. The van der Waals surface area contributed by atoms with Gasteiger partial charge in [-0.2, -0.15) is 0 Å². The Hall–Kier alpha value is -3.78. The molecule has 0 saturated heterocycles. The molecule has 1 aromatic heterocycles. The molecule has 0 unspecified atom stereocenters. The summed E-state index contributed by atoms with van der Waals surface area (Å²) in [5.74, 6) is 0.489. The first-order valence-corrected chi connectivity index (χ1v) is 10.2.